The van der Waals surface area contributed by atoms with Crippen molar-refractivity contribution < 1.29 is 0 Å². The highest BCUT2D eigenvalue weighted by Gasteiger charge is 2.44. The second kappa shape index (κ2) is 8.16. The molecule has 25 heavy (non-hydrogen) atoms. The highest BCUT2D eigenvalue weighted by Crippen LogP contribution is 2.19. The van der Waals surface area contributed by atoms with E-state index in [1.165, 1.54) is 15.6 Å². The van der Waals surface area contributed by atoms with Crippen molar-refractivity contribution in [3.05, 3.63) is 101 Å². The number of hydrogen-bond donors (Lipinski definition) is 0. The maximum atomic E-state index is 8.85. The molecule has 3 aromatic carbocycles. The summed E-state index contributed by atoms with van der Waals surface area (Å²) in [5, 5.41) is 7.76. The van der Waals surface area contributed by atoms with Crippen molar-refractivity contribution in [2.75, 3.05) is 6.54 Å². The highest BCUT2D eigenvalue weighted by molar-refractivity contribution is 9.10. The number of nitrogens with zero attached hydrogens (tertiary/aromatic N) is 3. The molecule has 0 aliphatic heterocycles. The Morgan fingerprint density at radius 1 is 0.760 bits per heavy atom. The lowest BCUT2D eigenvalue weighted by Crippen LogP contribution is -2.73. The molecular formula is C20H18BrN3Si. The number of alkyl halides is 1. The van der Waals surface area contributed by atoms with Gasteiger partial charge in [0.25, 0.3) is 0 Å². The van der Waals surface area contributed by atoms with Gasteiger partial charge in [0.2, 0.25) is 0 Å². The topological polar surface area (TPSA) is 48.8 Å². The van der Waals surface area contributed by atoms with Crippen LogP contribution in [0.25, 0.3) is 10.4 Å². The monoisotopic (exact) mass is 407 g/mol. The zero-order valence-corrected chi connectivity index (χ0v) is 16.3. The molecule has 0 heterocycles. The Labute approximate surface area is 157 Å². The van der Waals surface area contributed by atoms with Crippen LogP contribution in [0.15, 0.2) is 96.1 Å². The molecule has 0 aliphatic carbocycles. The Morgan fingerprint density at radius 3 is 1.44 bits per heavy atom. The van der Waals surface area contributed by atoms with E-state index in [0.717, 1.165) is 0 Å². The minimum absolute atomic E-state index is 0.0445. The zero-order chi connectivity index (χ0) is 17.5. The first-order valence-electron chi connectivity index (χ1n) is 8.11. The van der Waals surface area contributed by atoms with Gasteiger partial charge in [0, 0.05) is 15.9 Å². The molecule has 0 aliphatic rings. The number of hydrogen-bond acceptors (Lipinski definition) is 1. The van der Waals surface area contributed by atoms with Gasteiger partial charge >= 0.3 is 0 Å². The number of rotatable bonds is 6. The molecule has 0 fully saturated rings. The standard InChI is InChI=1S/C20H18BrN3Si/c21-20(16-23-24-22)25(17-10-4-1-5-11-17,18-12-6-2-7-13-18)19-14-8-3-9-15-19/h1-15,20H,16H2. The van der Waals surface area contributed by atoms with Crippen LogP contribution in [0, 0.1) is 0 Å². The average molecular weight is 408 g/mol. The maximum absolute atomic E-state index is 8.85. The van der Waals surface area contributed by atoms with E-state index in [0.29, 0.717) is 6.54 Å². The maximum Gasteiger partial charge on any atom is 0.161 e. The van der Waals surface area contributed by atoms with Crippen LogP contribution in [0.4, 0.5) is 0 Å². The largest absolute Gasteiger partial charge is 0.161 e. The molecule has 0 N–H and O–H groups in total. The molecule has 3 nitrogen and oxygen atoms in total. The summed E-state index contributed by atoms with van der Waals surface area (Å²) >= 11 is 3.91. The smallest absolute Gasteiger partial charge is 0.0931 e. The SMILES string of the molecule is [N-]=[N+]=NCC(Br)[Si](c1ccccc1)(c1ccccc1)c1ccccc1. The van der Waals surface area contributed by atoms with Gasteiger partial charge in [-0.15, -0.1) is 0 Å². The minimum atomic E-state index is -2.41. The van der Waals surface area contributed by atoms with E-state index in [9.17, 15) is 0 Å². The summed E-state index contributed by atoms with van der Waals surface area (Å²) in [5.41, 5.74) is 8.85. The summed E-state index contributed by atoms with van der Waals surface area (Å²) in [6.07, 6.45) is 0. The summed E-state index contributed by atoms with van der Waals surface area (Å²) < 4.78 is 0.0445. The van der Waals surface area contributed by atoms with E-state index < -0.39 is 8.07 Å². The van der Waals surface area contributed by atoms with Crippen LogP contribution < -0.4 is 15.6 Å². The number of azide groups is 1. The summed E-state index contributed by atoms with van der Waals surface area (Å²) in [4.78, 5) is 2.99. The Kier molecular flexibility index (Phi) is 5.71. The molecule has 0 bridgehead atoms. The van der Waals surface area contributed by atoms with Crippen molar-refractivity contribution in [2.45, 2.75) is 4.45 Å². The predicted octanol–water partition coefficient (Wildman–Crippen LogP) is 3.77. The normalized spacial score (nSPS) is 12.2. The van der Waals surface area contributed by atoms with E-state index in [1.807, 2.05) is 18.2 Å². The molecular weight excluding hydrogens is 390 g/mol. The molecule has 3 aromatic rings. The number of benzene rings is 3. The lowest BCUT2D eigenvalue weighted by atomic mass is 10.3. The predicted molar refractivity (Wildman–Crippen MR) is 111 cm³/mol. The van der Waals surface area contributed by atoms with Crippen molar-refractivity contribution in [3.8, 4) is 0 Å². The fourth-order valence-corrected chi connectivity index (χ4v) is 10.5. The summed E-state index contributed by atoms with van der Waals surface area (Å²) in [6.45, 7) is 0.404. The minimum Gasteiger partial charge on any atom is -0.0931 e. The van der Waals surface area contributed by atoms with E-state index in [1.54, 1.807) is 0 Å². The molecule has 124 valence electrons. The molecule has 3 rings (SSSR count). The lowest BCUT2D eigenvalue weighted by molar-refractivity contribution is 1.06. The first-order valence-corrected chi connectivity index (χ1v) is 11.1. The van der Waals surface area contributed by atoms with Gasteiger partial charge in [0.15, 0.2) is 8.07 Å². The first kappa shape index (κ1) is 17.5. The van der Waals surface area contributed by atoms with Crippen molar-refractivity contribution in [1.82, 2.24) is 0 Å². The molecule has 0 saturated heterocycles. The second-order valence-electron chi connectivity index (χ2n) is 5.79. The molecule has 0 radical (unpaired) electrons. The Bertz CT molecular complexity index is 753. The Hall–Kier alpha value is -2.33. The third kappa shape index (κ3) is 3.40. The molecule has 1 unspecified atom stereocenters. The third-order valence-corrected chi connectivity index (χ3v) is 11.7. The zero-order valence-electron chi connectivity index (χ0n) is 13.7. The molecule has 0 amide bonds. The van der Waals surface area contributed by atoms with Gasteiger partial charge in [0.05, 0.1) is 0 Å². The first-order chi connectivity index (χ1) is 12.3. The van der Waals surface area contributed by atoms with Gasteiger partial charge in [-0.1, -0.05) is 112 Å². The van der Waals surface area contributed by atoms with Crippen LogP contribution in [-0.4, -0.2) is 19.1 Å². The quantitative estimate of drug-likeness (QED) is 0.149. The van der Waals surface area contributed by atoms with Crippen LogP contribution in [-0.2, 0) is 0 Å². The van der Waals surface area contributed by atoms with Gasteiger partial charge in [0.1, 0.15) is 0 Å². The van der Waals surface area contributed by atoms with Crippen molar-refractivity contribution in [3.63, 3.8) is 0 Å². The van der Waals surface area contributed by atoms with Crippen LogP contribution in [0.3, 0.4) is 0 Å². The highest BCUT2D eigenvalue weighted by atomic mass is 79.9. The van der Waals surface area contributed by atoms with Crippen molar-refractivity contribution >= 4 is 39.6 Å². The average Bonchev–Trinajstić information content (AvgIpc) is 2.69. The van der Waals surface area contributed by atoms with E-state index in [-0.39, 0.29) is 4.45 Å². The number of halogens is 1. The van der Waals surface area contributed by atoms with Crippen LogP contribution >= 0.6 is 15.9 Å². The molecule has 0 saturated carbocycles. The van der Waals surface area contributed by atoms with Crippen LogP contribution in [0.2, 0.25) is 0 Å². The van der Waals surface area contributed by atoms with Crippen LogP contribution in [0.5, 0.6) is 0 Å². The van der Waals surface area contributed by atoms with Gasteiger partial charge in [-0.25, -0.2) is 0 Å². The summed E-state index contributed by atoms with van der Waals surface area (Å²) in [7, 11) is -2.41. The van der Waals surface area contributed by atoms with Crippen molar-refractivity contribution in [2.24, 2.45) is 5.11 Å². The molecule has 0 aromatic heterocycles. The Morgan fingerprint density at radius 2 is 1.12 bits per heavy atom. The molecule has 1 atom stereocenters. The summed E-state index contributed by atoms with van der Waals surface area (Å²) in [5.74, 6) is 0. The molecule has 5 heteroatoms. The van der Waals surface area contributed by atoms with Crippen LogP contribution in [0.1, 0.15) is 0 Å². The fraction of sp³-hybridized carbons (Fsp3) is 0.100. The lowest BCUT2D eigenvalue weighted by Gasteiger charge is -2.37. The van der Waals surface area contributed by atoms with Gasteiger partial charge < -0.3 is 0 Å². The fourth-order valence-electron chi connectivity index (χ4n) is 3.39. The van der Waals surface area contributed by atoms with E-state index >= 15 is 0 Å². The van der Waals surface area contributed by atoms with E-state index in [2.05, 4.69) is 98.8 Å². The van der Waals surface area contributed by atoms with Gasteiger partial charge in [-0.2, -0.15) is 0 Å². The van der Waals surface area contributed by atoms with E-state index in [4.69, 9.17) is 5.53 Å². The summed E-state index contributed by atoms with van der Waals surface area (Å²) in [6, 6.07) is 31.7. The second-order valence-corrected chi connectivity index (χ2v) is 11.8. The molecule has 0 spiro atoms. The van der Waals surface area contributed by atoms with Gasteiger partial charge in [-0.05, 0) is 21.1 Å². The van der Waals surface area contributed by atoms with Gasteiger partial charge in [-0.3, -0.25) is 0 Å². The van der Waals surface area contributed by atoms with Crippen molar-refractivity contribution in [1.29, 1.82) is 0 Å². The third-order valence-electron chi connectivity index (χ3n) is 4.46. The Balaban J connectivity index is 2.33.